The molecule has 2 rings (SSSR count). The van der Waals surface area contributed by atoms with Crippen LogP contribution in [0.3, 0.4) is 0 Å². The molecule has 1 heterocycles. The van der Waals surface area contributed by atoms with Crippen molar-refractivity contribution in [3.8, 4) is 0 Å². The van der Waals surface area contributed by atoms with Crippen LogP contribution in [0.2, 0.25) is 5.15 Å². The van der Waals surface area contributed by atoms with Gasteiger partial charge in [0.05, 0.1) is 0 Å². The largest absolute Gasteiger partial charge is 0.367 e. The third kappa shape index (κ3) is 4.13. The van der Waals surface area contributed by atoms with Crippen molar-refractivity contribution in [1.82, 2.24) is 9.97 Å². The van der Waals surface area contributed by atoms with Gasteiger partial charge in [0.2, 0.25) is 0 Å². The fourth-order valence-corrected chi connectivity index (χ4v) is 2.37. The summed E-state index contributed by atoms with van der Waals surface area (Å²) in [6.07, 6.45) is 7.09. The van der Waals surface area contributed by atoms with Crippen LogP contribution in [0.15, 0.2) is 6.07 Å². The molecule has 0 aliphatic heterocycles. The van der Waals surface area contributed by atoms with E-state index in [0.717, 1.165) is 36.8 Å². The lowest BCUT2D eigenvalue weighted by Gasteiger charge is -2.17. The molecule has 0 bridgehead atoms. The first-order valence-corrected chi connectivity index (χ1v) is 7.39. The van der Waals surface area contributed by atoms with Crippen LogP contribution >= 0.6 is 11.6 Å². The van der Waals surface area contributed by atoms with E-state index in [1.54, 1.807) is 0 Å². The van der Waals surface area contributed by atoms with E-state index in [-0.39, 0.29) is 0 Å². The van der Waals surface area contributed by atoms with E-state index in [1.165, 1.54) is 19.3 Å². The summed E-state index contributed by atoms with van der Waals surface area (Å²) >= 11 is 6.04. The number of rotatable bonds is 7. The molecule has 0 amide bonds. The van der Waals surface area contributed by atoms with Crippen LogP contribution < -0.4 is 5.32 Å². The highest BCUT2D eigenvalue weighted by atomic mass is 35.5. The Morgan fingerprint density at radius 1 is 1.39 bits per heavy atom. The molecule has 0 saturated heterocycles. The Morgan fingerprint density at radius 3 is 2.78 bits per heavy atom. The van der Waals surface area contributed by atoms with Crippen molar-refractivity contribution < 1.29 is 0 Å². The maximum absolute atomic E-state index is 6.04. The highest BCUT2D eigenvalue weighted by molar-refractivity contribution is 6.29. The Balaban J connectivity index is 2.01. The zero-order valence-corrected chi connectivity index (χ0v) is 12.0. The Bertz CT molecular complexity index is 391. The number of aryl methyl sites for hydroxylation is 1. The molecule has 1 unspecified atom stereocenters. The van der Waals surface area contributed by atoms with Crippen LogP contribution in [0.1, 0.15) is 51.8 Å². The van der Waals surface area contributed by atoms with Crippen molar-refractivity contribution in [2.45, 2.75) is 58.4 Å². The van der Waals surface area contributed by atoms with Crippen molar-refractivity contribution in [3.05, 3.63) is 17.0 Å². The molecule has 4 heteroatoms. The van der Waals surface area contributed by atoms with Crippen molar-refractivity contribution >= 4 is 17.4 Å². The summed E-state index contributed by atoms with van der Waals surface area (Å²) in [5.41, 5.74) is 0. The minimum Gasteiger partial charge on any atom is -0.367 e. The fourth-order valence-electron chi connectivity index (χ4n) is 2.17. The van der Waals surface area contributed by atoms with Crippen LogP contribution in [0.25, 0.3) is 0 Å². The third-order valence-corrected chi connectivity index (χ3v) is 3.57. The van der Waals surface area contributed by atoms with Crippen molar-refractivity contribution in [1.29, 1.82) is 0 Å². The van der Waals surface area contributed by atoms with Gasteiger partial charge >= 0.3 is 0 Å². The Kier molecular flexibility index (Phi) is 4.81. The van der Waals surface area contributed by atoms with Crippen LogP contribution in [-0.4, -0.2) is 16.0 Å². The van der Waals surface area contributed by atoms with E-state index in [2.05, 4.69) is 29.1 Å². The van der Waals surface area contributed by atoms with Gasteiger partial charge in [-0.2, -0.15) is 0 Å². The molecule has 0 radical (unpaired) electrons. The first-order valence-electron chi connectivity index (χ1n) is 7.01. The first kappa shape index (κ1) is 13.6. The van der Waals surface area contributed by atoms with Gasteiger partial charge in [-0.1, -0.05) is 38.3 Å². The number of nitrogens with one attached hydrogen (secondary N) is 1. The van der Waals surface area contributed by atoms with Crippen molar-refractivity contribution in [3.63, 3.8) is 0 Å². The number of nitrogens with zero attached hydrogens (tertiary/aromatic N) is 2. The van der Waals surface area contributed by atoms with E-state index in [9.17, 15) is 0 Å². The lowest BCUT2D eigenvalue weighted by molar-refractivity contribution is 0.584. The molecule has 1 aromatic heterocycles. The monoisotopic (exact) mass is 267 g/mol. The van der Waals surface area contributed by atoms with Crippen molar-refractivity contribution in [2.24, 2.45) is 5.92 Å². The topological polar surface area (TPSA) is 37.8 Å². The second kappa shape index (κ2) is 6.37. The highest BCUT2D eigenvalue weighted by Crippen LogP contribution is 2.34. The SMILES string of the molecule is CCCc1nc(Cl)cc(NC(CC)CC2CC2)n1. The molecule has 1 fully saturated rings. The Labute approximate surface area is 114 Å². The van der Waals surface area contributed by atoms with Gasteiger partial charge in [-0.3, -0.25) is 0 Å². The number of anilines is 1. The van der Waals surface area contributed by atoms with E-state index in [0.29, 0.717) is 11.2 Å². The molecule has 1 aromatic rings. The first-order chi connectivity index (χ1) is 8.71. The average Bonchev–Trinajstić information content (AvgIpc) is 3.12. The molecule has 3 nitrogen and oxygen atoms in total. The van der Waals surface area contributed by atoms with Gasteiger partial charge in [0.25, 0.3) is 0 Å². The van der Waals surface area contributed by atoms with Gasteiger partial charge < -0.3 is 5.32 Å². The van der Waals surface area contributed by atoms with Crippen LogP contribution in [0, 0.1) is 5.92 Å². The number of hydrogen-bond donors (Lipinski definition) is 1. The van der Waals surface area contributed by atoms with Crippen LogP contribution in [0.5, 0.6) is 0 Å². The summed E-state index contributed by atoms with van der Waals surface area (Å²) < 4.78 is 0. The predicted octanol–water partition coefficient (Wildman–Crippen LogP) is 4.07. The average molecular weight is 268 g/mol. The molecule has 100 valence electrons. The summed E-state index contributed by atoms with van der Waals surface area (Å²) in [5, 5.41) is 4.04. The maximum Gasteiger partial charge on any atom is 0.134 e. The van der Waals surface area contributed by atoms with Crippen LogP contribution in [0.4, 0.5) is 5.82 Å². The molecular weight excluding hydrogens is 246 g/mol. The summed E-state index contributed by atoms with van der Waals surface area (Å²) in [6.45, 7) is 4.34. The third-order valence-electron chi connectivity index (χ3n) is 3.37. The fraction of sp³-hybridized carbons (Fsp3) is 0.714. The standard InChI is InChI=1S/C14H22ClN3/c1-3-5-13-17-12(15)9-14(18-13)16-11(4-2)8-10-6-7-10/h9-11H,3-8H2,1-2H3,(H,16,17,18). The van der Waals surface area contributed by atoms with E-state index in [1.807, 2.05) is 6.07 Å². The molecule has 0 aromatic carbocycles. The second-order valence-electron chi connectivity index (χ2n) is 5.17. The van der Waals surface area contributed by atoms with Crippen LogP contribution in [-0.2, 0) is 6.42 Å². The predicted molar refractivity (Wildman–Crippen MR) is 76.1 cm³/mol. The Hall–Kier alpha value is -0.830. The van der Waals surface area contributed by atoms with Gasteiger partial charge in [0.1, 0.15) is 16.8 Å². The molecule has 18 heavy (non-hydrogen) atoms. The van der Waals surface area contributed by atoms with E-state index >= 15 is 0 Å². The summed E-state index contributed by atoms with van der Waals surface area (Å²) in [6, 6.07) is 2.34. The minimum atomic E-state index is 0.512. The normalized spacial score (nSPS) is 16.6. The lowest BCUT2D eigenvalue weighted by atomic mass is 10.1. The summed E-state index contributed by atoms with van der Waals surface area (Å²) in [5.74, 6) is 2.65. The number of hydrogen-bond acceptors (Lipinski definition) is 3. The van der Waals surface area contributed by atoms with E-state index in [4.69, 9.17) is 11.6 Å². The van der Waals surface area contributed by atoms with Gasteiger partial charge in [0.15, 0.2) is 0 Å². The van der Waals surface area contributed by atoms with Gasteiger partial charge in [-0.25, -0.2) is 9.97 Å². The van der Waals surface area contributed by atoms with Crippen molar-refractivity contribution in [2.75, 3.05) is 5.32 Å². The smallest absolute Gasteiger partial charge is 0.134 e. The quantitative estimate of drug-likeness (QED) is 0.757. The second-order valence-corrected chi connectivity index (χ2v) is 5.56. The molecule has 1 saturated carbocycles. The summed E-state index contributed by atoms with van der Waals surface area (Å²) in [7, 11) is 0. The molecule has 1 N–H and O–H groups in total. The lowest BCUT2D eigenvalue weighted by Crippen LogP contribution is -2.20. The van der Waals surface area contributed by atoms with Gasteiger partial charge in [-0.15, -0.1) is 0 Å². The van der Waals surface area contributed by atoms with Gasteiger partial charge in [0, 0.05) is 18.5 Å². The molecule has 1 aliphatic rings. The molecule has 1 aliphatic carbocycles. The summed E-state index contributed by atoms with van der Waals surface area (Å²) in [4.78, 5) is 8.78. The Morgan fingerprint density at radius 2 is 2.17 bits per heavy atom. The molecule has 0 spiro atoms. The number of halogens is 1. The van der Waals surface area contributed by atoms with Gasteiger partial charge in [-0.05, 0) is 25.2 Å². The highest BCUT2D eigenvalue weighted by Gasteiger charge is 2.24. The minimum absolute atomic E-state index is 0.512. The number of aromatic nitrogens is 2. The van der Waals surface area contributed by atoms with E-state index < -0.39 is 0 Å². The zero-order valence-electron chi connectivity index (χ0n) is 11.2. The maximum atomic E-state index is 6.04. The zero-order chi connectivity index (χ0) is 13.0. The molecule has 1 atom stereocenters. The molecular formula is C14H22ClN3.